The summed E-state index contributed by atoms with van der Waals surface area (Å²) in [5.41, 5.74) is 4.52. The molecule has 2 aromatic carbocycles. The molecule has 132 valence electrons. The number of aromatic hydroxyl groups is 1. The maximum absolute atomic E-state index is 12.2. The summed E-state index contributed by atoms with van der Waals surface area (Å²) < 4.78 is 3.28. The summed E-state index contributed by atoms with van der Waals surface area (Å²) in [6.45, 7) is 0.552. The number of carbonyl (C=O) groups excluding carboxylic acids is 1. The monoisotopic (exact) mass is 476 g/mol. The van der Waals surface area contributed by atoms with Crippen LogP contribution < -0.4 is 5.43 Å². The van der Waals surface area contributed by atoms with Crippen LogP contribution in [0.1, 0.15) is 21.6 Å². The number of hydrazone groups is 1. The van der Waals surface area contributed by atoms with Crippen LogP contribution in [0.15, 0.2) is 68.8 Å². The highest BCUT2D eigenvalue weighted by atomic mass is 79.9. The maximum atomic E-state index is 12.2. The third-order valence-corrected chi connectivity index (χ3v) is 4.57. The molecular formula is C18H14Br2N4O2. The average molecular weight is 478 g/mol. The van der Waals surface area contributed by atoms with Crippen molar-refractivity contribution in [2.24, 2.45) is 5.10 Å². The van der Waals surface area contributed by atoms with Crippen LogP contribution in [0.2, 0.25) is 0 Å². The number of rotatable bonds is 5. The van der Waals surface area contributed by atoms with E-state index in [0.717, 1.165) is 15.6 Å². The van der Waals surface area contributed by atoms with Crippen molar-refractivity contribution in [2.75, 3.05) is 0 Å². The smallest absolute Gasteiger partial charge is 0.293 e. The molecule has 0 radical (unpaired) electrons. The lowest BCUT2D eigenvalue weighted by molar-refractivity contribution is 0.0948. The Morgan fingerprint density at radius 2 is 1.85 bits per heavy atom. The van der Waals surface area contributed by atoms with Crippen molar-refractivity contribution in [1.82, 2.24) is 15.2 Å². The molecule has 6 nitrogen and oxygen atoms in total. The molecule has 0 aliphatic rings. The number of nitrogens with one attached hydrogen (secondary N) is 1. The number of amides is 1. The van der Waals surface area contributed by atoms with Crippen molar-refractivity contribution in [1.29, 1.82) is 0 Å². The van der Waals surface area contributed by atoms with Crippen LogP contribution in [0.3, 0.4) is 0 Å². The van der Waals surface area contributed by atoms with E-state index in [2.05, 4.69) is 47.5 Å². The molecule has 0 saturated heterocycles. The molecule has 0 aliphatic carbocycles. The zero-order valence-corrected chi connectivity index (χ0v) is 16.6. The van der Waals surface area contributed by atoms with Gasteiger partial charge < -0.3 is 5.11 Å². The topological polar surface area (TPSA) is 79.5 Å². The number of halogens is 2. The number of hydrogen-bond donors (Lipinski definition) is 2. The second-order valence-corrected chi connectivity index (χ2v) is 7.21. The molecule has 0 spiro atoms. The number of phenols is 1. The van der Waals surface area contributed by atoms with Gasteiger partial charge in [0.2, 0.25) is 0 Å². The van der Waals surface area contributed by atoms with Crippen molar-refractivity contribution < 1.29 is 9.90 Å². The standard InChI is InChI=1S/C18H14Br2N4O2/c19-14-5-1-13(2-6-14)10-24-11-16(20)17(23-24)18(26)22-21-9-12-3-7-15(25)8-4-12/h1-9,11,25H,10H2,(H,22,26)/b21-9+. The third kappa shape index (κ3) is 4.80. The van der Waals surface area contributed by atoms with E-state index in [1.807, 2.05) is 24.3 Å². The molecule has 0 aliphatic heterocycles. The van der Waals surface area contributed by atoms with E-state index in [1.54, 1.807) is 35.1 Å². The van der Waals surface area contributed by atoms with Gasteiger partial charge >= 0.3 is 0 Å². The van der Waals surface area contributed by atoms with Crippen molar-refractivity contribution >= 4 is 44.0 Å². The van der Waals surface area contributed by atoms with Crippen molar-refractivity contribution in [2.45, 2.75) is 6.54 Å². The van der Waals surface area contributed by atoms with Gasteiger partial charge in [-0.3, -0.25) is 9.48 Å². The Hall–Kier alpha value is -2.45. The van der Waals surface area contributed by atoms with Crippen molar-refractivity contribution in [3.05, 3.63) is 80.5 Å². The normalized spacial score (nSPS) is 11.0. The molecule has 0 fully saturated rings. The molecule has 1 aromatic heterocycles. The molecule has 0 atom stereocenters. The summed E-state index contributed by atoms with van der Waals surface area (Å²) in [6, 6.07) is 14.4. The van der Waals surface area contributed by atoms with Crippen LogP contribution in [0.5, 0.6) is 5.75 Å². The van der Waals surface area contributed by atoms with E-state index >= 15 is 0 Å². The first-order chi connectivity index (χ1) is 12.5. The largest absolute Gasteiger partial charge is 0.508 e. The molecule has 1 heterocycles. The summed E-state index contributed by atoms with van der Waals surface area (Å²) >= 11 is 6.76. The van der Waals surface area contributed by atoms with Crippen LogP contribution in [-0.2, 0) is 6.54 Å². The van der Waals surface area contributed by atoms with E-state index in [-0.39, 0.29) is 11.4 Å². The molecule has 3 aromatic rings. The van der Waals surface area contributed by atoms with Crippen LogP contribution in [0, 0.1) is 0 Å². The predicted molar refractivity (Wildman–Crippen MR) is 106 cm³/mol. The van der Waals surface area contributed by atoms with Gasteiger partial charge in [0.15, 0.2) is 5.69 Å². The van der Waals surface area contributed by atoms with Gasteiger partial charge in [-0.25, -0.2) is 5.43 Å². The Balaban J connectivity index is 1.65. The summed E-state index contributed by atoms with van der Waals surface area (Å²) in [5.74, 6) is -0.243. The summed E-state index contributed by atoms with van der Waals surface area (Å²) in [4.78, 5) is 12.2. The quantitative estimate of drug-likeness (QED) is 0.431. The molecule has 2 N–H and O–H groups in total. The fourth-order valence-corrected chi connectivity index (χ4v) is 2.95. The molecule has 0 bridgehead atoms. The average Bonchev–Trinajstić information content (AvgIpc) is 2.99. The van der Waals surface area contributed by atoms with Crippen LogP contribution >= 0.6 is 31.9 Å². The van der Waals surface area contributed by atoms with E-state index in [1.165, 1.54) is 6.21 Å². The Labute approximate surface area is 166 Å². The number of nitrogens with zero attached hydrogens (tertiary/aromatic N) is 3. The number of benzene rings is 2. The third-order valence-electron chi connectivity index (χ3n) is 3.46. The lowest BCUT2D eigenvalue weighted by atomic mass is 10.2. The summed E-state index contributed by atoms with van der Waals surface area (Å²) in [7, 11) is 0. The second-order valence-electron chi connectivity index (χ2n) is 5.44. The van der Waals surface area contributed by atoms with Gasteiger partial charge in [0.05, 0.1) is 17.2 Å². The minimum Gasteiger partial charge on any atom is -0.508 e. The molecule has 3 rings (SSSR count). The summed E-state index contributed by atoms with van der Waals surface area (Å²) in [5, 5.41) is 17.5. The highest BCUT2D eigenvalue weighted by Gasteiger charge is 2.14. The van der Waals surface area contributed by atoms with E-state index in [9.17, 15) is 9.90 Å². The zero-order valence-electron chi connectivity index (χ0n) is 13.4. The number of hydrogen-bond acceptors (Lipinski definition) is 4. The molecule has 8 heteroatoms. The highest BCUT2D eigenvalue weighted by molar-refractivity contribution is 9.10. The fraction of sp³-hybridized carbons (Fsp3) is 0.0556. The Morgan fingerprint density at radius 3 is 2.54 bits per heavy atom. The molecular weight excluding hydrogens is 464 g/mol. The first kappa shape index (κ1) is 18.3. The van der Waals surface area contributed by atoms with Gasteiger partial charge in [0, 0.05) is 10.7 Å². The Morgan fingerprint density at radius 1 is 1.15 bits per heavy atom. The van der Waals surface area contributed by atoms with Crippen LogP contribution in [0.25, 0.3) is 0 Å². The zero-order chi connectivity index (χ0) is 18.5. The lowest BCUT2D eigenvalue weighted by Gasteiger charge is -2.02. The Bertz CT molecular complexity index is 935. The SMILES string of the molecule is O=C(N/N=C/c1ccc(O)cc1)c1nn(Cc2ccc(Br)cc2)cc1Br. The van der Waals surface area contributed by atoms with Gasteiger partial charge in [-0.1, -0.05) is 28.1 Å². The van der Waals surface area contributed by atoms with Crippen molar-refractivity contribution in [3.8, 4) is 5.75 Å². The Kier molecular flexibility index (Phi) is 5.85. The number of carbonyl (C=O) groups is 1. The second kappa shape index (κ2) is 8.29. The van der Waals surface area contributed by atoms with Gasteiger partial charge in [-0.15, -0.1) is 0 Å². The predicted octanol–water partition coefficient (Wildman–Crippen LogP) is 3.93. The fourth-order valence-electron chi connectivity index (χ4n) is 2.19. The first-order valence-electron chi connectivity index (χ1n) is 7.61. The molecule has 0 unspecified atom stereocenters. The summed E-state index contributed by atoms with van der Waals surface area (Å²) in [6.07, 6.45) is 3.24. The number of phenolic OH excluding ortho intramolecular Hbond substituents is 1. The van der Waals surface area contributed by atoms with E-state index < -0.39 is 5.91 Å². The highest BCUT2D eigenvalue weighted by Crippen LogP contribution is 2.17. The first-order valence-corrected chi connectivity index (χ1v) is 9.20. The van der Waals surface area contributed by atoms with Crippen molar-refractivity contribution in [3.63, 3.8) is 0 Å². The van der Waals surface area contributed by atoms with Crippen LogP contribution in [-0.4, -0.2) is 27.0 Å². The van der Waals surface area contributed by atoms with Gasteiger partial charge in [-0.2, -0.15) is 10.2 Å². The molecule has 26 heavy (non-hydrogen) atoms. The minimum absolute atomic E-state index is 0.173. The minimum atomic E-state index is -0.415. The van der Waals surface area contributed by atoms with E-state index in [0.29, 0.717) is 11.0 Å². The number of aromatic nitrogens is 2. The van der Waals surface area contributed by atoms with E-state index in [4.69, 9.17) is 0 Å². The van der Waals surface area contributed by atoms with Gasteiger partial charge in [-0.05, 0) is 63.5 Å². The molecule has 1 amide bonds. The van der Waals surface area contributed by atoms with Gasteiger partial charge in [0.1, 0.15) is 5.75 Å². The van der Waals surface area contributed by atoms with Crippen LogP contribution in [0.4, 0.5) is 0 Å². The lowest BCUT2D eigenvalue weighted by Crippen LogP contribution is -2.19. The van der Waals surface area contributed by atoms with Gasteiger partial charge in [0.25, 0.3) is 5.91 Å². The molecule has 0 saturated carbocycles. The maximum Gasteiger partial charge on any atom is 0.293 e.